The summed E-state index contributed by atoms with van der Waals surface area (Å²) in [5.74, 6) is -0.488. The van der Waals surface area contributed by atoms with Gasteiger partial charge in [0.05, 0.1) is 18.0 Å². The lowest BCUT2D eigenvalue weighted by Gasteiger charge is -2.11. The lowest BCUT2D eigenvalue weighted by Crippen LogP contribution is -2.31. The number of hydrogen-bond acceptors (Lipinski definition) is 5. The Morgan fingerprint density at radius 3 is 2.88 bits per heavy atom. The van der Waals surface area contributed by atoms with Crippen molar-refractivity contribution >= 4 is 23.6 Å². The summed E-state index contributed by atoms with van der Waals surface area (Å²) in [5.41, 5.74) is 3.33. The molecule has 0 aliphatic heterocycles. The minimum absolute atomic E-state index is 0.112. The number of aromatic nitrogens is 2. The summed E-state index contributed by atoms with van der Waals surface area (Å²) >= 11 is 1.32. The number of carbonyl (C=O) groups is 2. The van der Waals surface area contributed by atoms with Gasteiger partial charge in [0.15, 0.2) is 5.16 Å². The fourth-order valence-corrected chi connectivity index (χ4v) is 2.92. The normalized spacial score (nSPS) is 10.5. The first-order valence-corrected chi connectivity index (χ1v) is 8.66. The number of ether oxygens (including phenoxy) is 1. The van der Waals surface area contributed by atoms with Crippen LogP contribution in [0.1, 0.15) is 18.1 Å². The third kappa shape index (κ3) is 4.86. The van der Waals surface area contributed by atoms with Gasteiger partial charge in [-0.15, -0.1) is 0 Å². The SMILES string of the molecule is CCOC(=O)CNC(=O)CSc1nccn1-c1cc(C)ccc1C. The summed E-state index contributed by atoms with van der Waals surface area (Å²) in [7, 11) is 0. The molecule has 1 aromatic heterocycles. The van der Waals surface area contributed by atoms with Crippen molar-refractivity contribution in [1.29, 1.82) is 0 Å². The molecule has 0 bridgehead atoms. The quantitative estimate of drug-likeness (QED) is 0.614. The van der Waals surface area contributed by atoms with Crippen LogP contribution in [-0.4, -0.2) is 40.3 Å². The summed E-state index contributed by atoms with van der Waals surface area (Å²) in [6, 6.07) is 6.21. The third-order valence-corrected chi connectivity index (χ3v) is 4.27. The van der Waals surface area contributed by atoms with Crippen LogP contribution in [0.2, 0.25) is 0 Å². The number of aryl methyl sites for hydroxylation is 2. The molecule has 1 amide bonds. The summed E-state index contributed by atoms with van der Waals surface area (Å²) in [5, 5.41) is 3.27. The number of thioether (sulfide) groups is 1. The second-order valence-corrected chi connectivity index (χ2v) is 6.18. The topological polar surface area (TPSA) is 73.2 Å². The van der Waals surface area contributed by atoms with Crippen molar-refractivity contribution in [2.24, 2.45) is 0 Å². The van der Waals surface area contributed by atoms with E-state index in [-0.39, 0.29) is 18.2 Å². The van der Waals surface area contributed by atoms with Gasteiger partial charge >= 0.3 is 5.97 Å². The van der Waals surface area contributed by atoms with Crippen LogP contribution >= 0.6 is 11.8 Å². The molecule has 7 heteroatoms. The van der Waals surface area contributed by atoms with Gasteiger partial charge in [0.25, 0.3) is 0 Å². The van der Waals surface area contributed by atoms with Gasteiger partial charge in [-0.3, -0.25) is 14.2 Å². The molecule has 0 spiro atoms. The summed E-state index contributed by atoms with van der Waals surface area (Å²) < 4.78 is 6.73. The van der Waals surface area contributed by atoms with Gasteiger partial charge in [-0.1, -0.05) is 23.9 Å². The zero-order valence-electron chi connectivity index (χ0n) is 14.0. The predicted molar refractivity (Wildman–Crippen MR) is 93.4 cm³/mol. The van der Waals surface area contributed by atoms with Crippen LogP contribution in [-0.2, 0) is 14.3 Å². The lowest BCUT2D eigenvalue weighted by atomic mass is 10.1. The first-order valence-electron chi connectivity index (χ1n) is 7.67. The molecule has 1 aromatic carbocycles. The molecule has 0 aliphatic carbocycles. The Balaban J connectivity index is 1.97. The van der Waals surface area contributed by atoms with E-state index in [0.29, 0.717) is 6.61 Å². The molecule has 0 fully saturated rings. The van der Waals surface area contributed by atoms with E-state index in [4.69, 9.17) is 4.74 Å². The van der Waals surface area contributed by atoms with Crippen molar-refractivity contribution in [3.63, 3.8) is 0 Å². The minimum atomic E-state index is -0.437. The first-order chi connectivity index (χ1) is 11.5. The monoisotopic (exact) mass is 347 g/mol. The molecular formula is C17H21N3O3S. The lowest BCUT2D eigenvalue weighted by molar-refractivity contribution is -0.143. The summed E-state index contributed by atoms with van der Waals surface area (Å²) in [6.45, 7) is 5.99. The standard InChI is InChI=1S/C17H21N3O3S/c1-4-23-16(22)10-19-15(21)11-24-17-18-7-8-20(17)14-9-12(2)5-6-13(14)3/h5-9H,4,10-11H2,1-3H3,(H,19,21). The molecule has 0 radical (unpaired) electrons. The molecule has 24 heavy (non-hydrogen) atoms. The maximum Gasteiger partial charge on any atom is 0.325 e. The van der Waals surface area contributed by atoms with Crippen LogP contribution in [0.3, 0.4) is 0 Å². The molecule has 128 valence electrons. The molecule has 1 N–H and O–H groups in total. The van der Waals surface area contributed by atoms with Crippen molar-refractivity contribution in [1.82, 2.24) is 14.9 Å². The van der Waals surface area contributed by atoms with E-state index in [1.807, 2.05) is 24.6 Å². The van der Waals surface area contributed by atoms with E-state index >= 15 is 0 Å². The molecular weight excluding hydrogens is 326 g/mol. The maximum atomic E-state index is 11.8. The van der Waals surface area contributed by atoms with Crippen LogP contribution in [0.15, 0.2) is 35.7 Å². The number of esters is 1. The molecule has 0 saturated heterocycles. The van der Waals surface area contributed by atoms with Crippen molar-refractivity contribution in [3.05, 3.63) is 41.7 Å². The Labute approximate surface area is 145 Å². The van der Waals surface area contributed by atoms with E-state index in [1.54, 1.807) is 13.1 Å². The van der Waals surface area contributed by atoms with Gasteiger partial charge in [0.2, 0.25) is 5.91 Å². The number of nitrogens with one attached hydrogen (secondary N) is 1. The van der Waals surface area contributed by atoms with Gasteiger partial charge < -0.3 is 10.1 Å². The van der Waals surface area contributed by atoms with Crippen LogP contribution < -0.4 is 5.32 Å². The van der Waals surface area contributed by atoms with Gasteiger partial charge in [-0.25, -0.2) is 4.98 Å². The average Bonchev–Trinajstić information content (AvgIpc) is 3.02. The number of carbonyl (C=O) groups excluding carboxylic acids is 2. The summed E-state index contributed by atoms with van der Waals surface area (Å²) in [6.07, 6.45) is 3.58. The number of amides is 1. The highest BCUT2D eigenvalue weighted by Crippen LogP contribution is 2.23. The number of rotatable bonds is 7. The van der Waals surface area contributed by atoms with Crippen LogP contribution in [0.5, 0.6) is 0 Å². The number of hydrogen-bond donors (Lipinski definition) is 1. The fourth-order valence-electron chi connectivity index (χ4n) is 2.12. The molecule has 0 aliphatic rings. The molecule has 0 unspecified atom stereocenters. The second-order valence-electron chi connectivity index (χ2n) is 5.24. The van der Waals surface area contributed by atoms with Crippen molar-refractivity contribution in [2.75, 3.05) is 18.9 Å². The minimum Gasteiger partial charge on any atom is -0.465 e. The van der Waals surface area contributed by atoms with Crippen molar-refractivity contribution in [3.8, 4) is 5.69 Å². The smallest absolute Gasteiger partial charge is 0.325 e. The Hall–Kier alpha value is -2.28. The Kier molecular flexibility index (Phi) is 6.43. The van der Waals surface area contributed by atoms with Crippen LogP contribution in [0, 0.1) is 13.8 Å². The largest absolute Gasteiger partial charge is 0.465 e. The van der Waals surface area contributed by atoms with E-state index < -0.39 is 5.97 Å². The van der Waals surface area contributed by atoms with E-state index in [1.165, 1.54) is 11.8 Å². The van der Waals surface area contributed by atoms with Crippen LogP contribution in [0.4, 0.5) is 0 Å². The first kappa shape index (κ1) is 18.1. The second kappa shape index (κ2) is 8.54. The van der Waals surface area contributed by atoms with E-state index in [0.717, 1.165) is 22.0 Å². The molecule has 2 rings (SSSR count). The van der Waals surface area contributed by atoms with Gasteiger partial charge in [-0.05, 0) is 38.0 Å². The van der Waals surface area contributed by atoms with Gasteiger partial charge in [0, 0.05) is 12.4 Å². The van der Waals surface area contributed by atoms with Crippen LogP contribution in [0.25, 0.3) is 5.69 Å². The fraction of sp³-hybridized carbons (Fsp3) is 0.353. The van der Waals surface area contributed by atoms with Gasteiger partial charge in [0.1, 0.15) is 6.54 Å². The maximum absolute atomic E-state index is 11.8. The highest BCUT2D eigenvalue weighted by Gasteiger charge is 2.11. The van der Waals surface area contributed by atoms with Crippen molar-refractivity contribution in [2.45, 2.75) is 25.9 Å². The molecule has 1 heterocycles. The van der Waals surface area contributed by atoms with E-state index in [9.17, 15) is 9.59 Å². The Morgan fingerprint density at radius 2 is 2.12 bits per heavy atom. The zero-order valence-corrected chi connectivity index (χ0v) is 14.9. The third-order valence-electron chi connectivity index (χ3n) is 3.30. The number of imidazole rings is 1. The summed E-state index contributed by atoms with van der Waals surface area (Å²) in [4.78, 5) is 27.4. The van der Waals surface area contributed by atoms with Crippen molar-refractivity contribution < 1.29 is 14.3 Å². The van der Waals surface area contributed by atoms with Gasteiger partial charge in [-0.2, -0.15) is 0 Å². The number of nitrogens with zero attached hydrogens (tertiary/aromatic N) is 2. The molecule has 0 atom stereocenters. The molecule has 2 aromatic rings. The zero-order chi connectivity index (χ0) is 17.5. The number of benzene rings is 1. The highest BCUT2D eigenvalue weighted by molar-refractivity contribution is 7.99. The Bertz CT molecular complexity index is 728. The average molecular weight is 347 g/mol. The van der Waals surface area contributed by atoms with E-state index in [2.05, 4.69) is 28.5 Å². The highest BCUT2D eigenvalue weighted by atomic mass is 32.2. The molecule has 6 nitrogen and oxygen atoms in total. The molecule has 0 saturated carbocycles. The predicted octanol–water partition coefficient (Wildman–Crippen LogP) is 2.26. The Morgan fingerprint density at radius 1 is 1.33 bits per heavy atom.